The summed E-state index contributed by atoms with van der Waals surface area (Å²) in [5.41, 5.74) is 2.49. The molecule has 146 valence electrons. The van der Waals surface area contributed by atoms with Crippen LogP contribution >= 0.6 is 11.8 Å². The number of esters is 1. The summed E-state index contributed by atoms with van der Waals surface area (Å²) < 4.78 is 12.3. The van der Waals surface area contributed by atoms with Crippen LogP contribution in [0.2, 0.25) is 0 Å². The van der Waals surface area contributed by atoms with Gasteiger partial charge in [-0.2, -0.15) is 0 Å². The van der Waals surface area contributed by atoms with Crippen molar-refractivity contribution >= 4 is 17.7 Å². The van der Waals surface area contributed by atoms with E-state index in [-0.39, 0.29) is 0 Å². The zero-order valence-electron chi connectivity index (χ0n) is 15.7. The molecule has 7 nitrogen and oxygen atoms in total. The van der Waals surface area contributed by atoms with Gasteiger partial charge in [0.15, 0.2) is 11.0 Å². The van der Waals surface area contributed by atoms with Gasteiger partial charge in [0, 0.05) is 18.0 Å². The molecule has 0 radical (unpaired) electrons. The highest BCUT2D eigenvalue weighted by molar-refractivity contribution is 7.98. The van der Waals surface area contributed by atoms with E-state index in [4.69, 9.17) is 9.15 Å². The van der Waals surface area contributed by atoms with E-state index in [0.717, 1.165) is 22.1 Å². The second kappa shape index (κ2) is 8.74. The van der Waals surface area contributed by atoms with E-state index in [1.54, 1.807) is 18.5 Å². The van der Waals surface area contributed by atoms with Crippen LogP contribution in [0, 0.1) is 0 Å². The van der Waals surface area contributed by atoms with Crippen LogP contribution in [-0.2, 0) is 17.0 Å². The highest BCUT2D eigenvalue weighted by Crippen LogP contribution is 2.28. The second-order valence-corrected chi connectivity index (χ2v) is 7.09. The number of furan rings is 1. The Morgan fingerprint density at radius 3 is 2.66 bits per heavy atom. The number of ether oxygens (including phenoxy) is 1. The van der Waals surface area contributed by atoms with E-state index in [1.807, 2.05) is 30.3 Å². The van der Waals surface area contributed by atoms with Gasteiger partial charge in [0.2, 0.25) is 0 Å². The Morgan fingerprint density at radius 1 is 1.10 bits per heavy atom. The number of thioether (sulfide) groups is 1. The number of nitrogens with zero attached hydrogens (tertiary/aromatic N) is 4. The summed E-state index contributed by atoms with van der Waals surface area (Å²) in [7, 11) is 1.35. The van der Waals surface area contributed by atoms with Gasteiger partial charge in [-0.15, -0.1) is 10.2 Å². The lowest BCUT2D eigenvalue weighted by Crippen LogP contribution is -2.05. The van der Waals surface area contributed by atoms with Crippen LogP contribution in [0.1, 0.15) is 21.7 Å². The maximum atomic E-state index is 11.9. The first-order chi connectivity index (χ1) is 14.3. The number of rotatable bonds is 7. The molecule has 29 heavy (non-hydrogen) atoms. The molecule has 0 aliphatic rings. The van der Waals surface area contributed by atoms with Crippen LogP contribution in [0.4, 0.5) is 0 Å². The normalized spacial score (nSPS) is 10.8. The lowest BCUT2D eigenvalue weighted by molar-refractivity contribution is 0.0598. The summed E-state index contributed by atoms with van der Waals surface area (Å²) in [5.74, 6) is 1.31. The third-order valence-electron chi connectivity index (χ3n) is 4.32. The fourth-order valence-corrected chi connectivity index (χ4v) is 3.78. The number of carbonyl (C=O) groups is 1. The minimum absolute atomic E-state index is 0.419. The lowest BCUT2D eigenvalue weighted by atomic mass is 10.2. The van der Waals surface area contributed by atoms with Gasteiger partial charge < -0.3 is 9.15 Å². The van der Waals surface area contributed by atoms with Gasteiger partial charge in [0.05, 0.1) is 25.7 Å². The Balaban J connectivity index is 1.64. The van der Waals surface area contributed by atoms with Crippen molar-refractivity contribution in [2.24, 2.45) is 0 Å². The smallest absolute Gasteiger partial charge is 0.341 e. The average molecular weight is 406 g/mol. The summed E-state index contributed by atoms with van der Waals surface area (Å²) >= 11 is 1.45. The number of benzene rings is 1. The maximum Gasteiger partial charge on any atom is 0.341 e. The lowest BCUT2D eigenvalue weighted by Gasteiger charge is -2.10. The minimum atomic E-state index is -0.419. The molecule has 0 saturated heterocycles. The van der Waals surface area contributed by atoms with Crippen molar-refractivity contribution in [3.05, 3.63) is 84.1 Å². The van der Waals surface area contributed by atoms with Gasteiger partial charge in [-0.05, 0) is 23.8 Å². The SMILES string of the molecule is COC(=O)c1ccoc1CSc1nnc(-c2ccncc2)n1Cc1ccccc1. The molecule has 4 aromatic rings. The molecule has 0 aliphatic heterocycles. The van der Waals surface area contributed by atoms with Crippen LogP contribution in [-0.4, -0.2) is 32.8 Å². The van der Waals surface area contributed by atoms with E-state index < -0.39 is 5.97 Å². The molecule has 0 spiro atoms. The van der Waals surface area contributed by atoms with E-state index in [1.165, 1.54) is 25.1 Å². The van der Waals surface area contributed by atoms with Crippen LogP contribution < -0.4 is 0 Å². The van der Waals surface area contributed by atoms with Gasteiger partial charge >= 0.3 is 5.97 Å². The predicted octanol–water partition coefficient (Wildman–Crippen LogP) is 4.06. The maximum absolute atomic E-state index is 11.9. The molecule has 3 aromatic heterocycles. The van der Waals surface area contributed by atoms with Crippen LogP contribution in [0.3, 0.4) is 0 Å². The van der Waals surface area contributed by atoms with Crippen molar-refractivity contribution in [1.82, 2.24) is 19.7 Å². The quantitative estimate of drug-likeness (QED) is 0.338. The zero-order valence-corrected chi connectivity index (χ0v) is 16.5. The van der Waals surface area contributed by atoms with Crippen molar-refractivity contribution in [2.45, 2.75) is 17.5 Å². The molecule has 0 fully saturated rings. The van der Waals surface area contributed by atoms with Gasteiger partial charge in [-0.1, -0.05) is 42.1 Å². The molecule has 4 rings (SSSR count). The van der Waals surface area contributed by atoms with Gasteiger partial charge in [0.1, 0.15) is 11.3 Å². The molecule has 0 unspecified atom stereocenters. The highest BCUT2D eigenvalue weighted by Gasteiger charge is 2.19. The summed E-state index contributed by atoms with van der Waals surface area (Å²) in [6, 6.07) is 15.5. The average Bonchev–Trinajstić information content (AvgIpc) is 3.40. The largest absolute Gasteiger partial charge is 0.468 e. The fraction of sp³-hybridized carbons (Fsp3) is 0.143. The summed E-state index contributed by atoms with van der Waals surface area (Å²) in [6.45, 7) is 0.621. The van der Waals surface area contributed by atoms with Gasteiger partial charge in [-0.25, -0.2) is 4.79 Å². The molecule has 0 bridgehead atoms. The number of aromatic nitrogens is 4. The van der Waals surface area contributed by atoms with Crippen LogP contribution in [0.25, 0.3) is 11.4 Å². The first-order valence-corrected chi connectivity index (χ1v) is 9.90. The highest BCUT2D eigenvalue weighted by atomic mass is 32.2. The number of hydrogen-bond donors (Lipinski definition) is 0. The molecular weight excluding hydrogens is 388 g/mol. The summed E-state index contributed by atoms with van der Waals surface area (Å²) in [4.78, 5) is 16.0. The number of carbonyl (C=O) groups excluding carboxylic acids is 1. The summed E-state index contributed by atoms with van der Waals surface area (Å²) in [5, 5.41) is 9.51. The van der Waals surface area contributed by atoms with Crippen molar-refractivity contribution in [1.29, 1.82) is 0 Å². The molecule has 1 aromatic carbocycles. The summed E-state index contributed by atoms with van der Waals surface area (Å²) in [6.07, 6.45) is 4.95. The van der Waals surface area contributed by atoms with E-state index in [2.05, 4.69) is 31.9 Å². The number of methoxy groups -OCH3 is 1. The Morgan fingerprint density at radius 2 is 1.90 bits per heavy atom. The van der Waals surface area contributed by atoms with Crippen LogP contribution in [0.5, 0.6) is 0 Å². The molecule has 0 saturated carbocycles. The first-order valence-electron chi connectivity index (χ1n) is 8.91. The Kier molecular flexibility index (Phi) is 5.71. The Hall–Kier alpha value is -3.39. The third-order valence-corrected chi connectivity index (χ3v) is 5.29. The topological polar surface area (TPSA) is 83.0 Å². The van der Waals surface area contributed by atoms with Crippen LogP contribution in [0.15, 0.2) is 76.8 Å². The predicted molar refractivity (Wildman–Crippen MR) is 108 cm³/mol. The van der Waals surface area contributed by atoms with E-state index in [9.17, 15) is 4.79 Å². The molecule has 0 amide bonds. The fourth-order valence-electron chi connectivity index (χ4n) is 2.89. The van der Waals surface area contributed by atoms with Crippen molar-refractivity contribution in [2.75, 3.05) is 7.11 Å². The van der Waals surface area contributed by atoms with Crippen molar-refractivity contribution in [3.8, 4) is 11.4 Å². The Bertz CT molecular complexity index is 1090. The monoisotopic (exact) mass is 406 g/mol. The molecule has 3 heterocycles. The van der Waals surface area contributed by atoms with E-state index in [0.29, 0.717) is 23.6 Å². The van der Waals surface area contributed by atoms with Crippen molar-refractivity contribution < 1.29 is 13.9 Å². The molecule has 8 heteroatoms. The zero-order chi connectivity index (χ0) is 20.1. The molecule has 0 atom stereocenters. The van der Waals surface area contributed by atoms with Crippen molar-refractivity contribution in [3.63, 3.8) is 0 Å². The third kappa shape index (κ3) is 4.22. The minimum Gasteiger partial charge on any atom is -0.468 e. The second-order valence-electron chi connectivity index (χ2n) is 6.15. The molecule has 0 aliphatic carbocycles. The standard InChI is InChI=1S/C21H18N4O3S/c1-27-20(26)17-9-12-28-18(17)14-29-21-24-23-19(16-7-10-22-11-8-16)25(21)13-15-5-3-2-4-6-15/h2-12H,13-14H2,1H3. The number of pyridine rings is 1. The van der Waals surface area contributed by atoms with Gasteiger partial charge in [-0.3, -0.25) is 9.55 Å². The molecular formula is C21H18N4O3S. The van der Waals surface area contributed by atoms with Gasteiger partial charge in [0.25, 0.3) is 0 Å². The number of hydrogen-bond acceptors (Lipinski definition) is 7. The molecule has 0 N–H and O–H groups in total. The first kappa shape index (κ1) is 18.9. The van der Waals surface area contributed by atoms with E-state index >= 15 is 0 Å². The Labute approximate surface area is 171 Å².